The predicted octanol–water partition coefficient (Wildman–Crippen LogP) is 1.12. The van der Waals surface area contributed by atoms with E-state index < -0.39 is 0 Å². The Labute approximate surface area is 74.9 Å². The Bertz CT molecular complexity index is 173. The quantitative estimate of drug-likeness (QED) is 0.571. The first-order valence-corrected chi connectivity index (χ1v) is 4.53. The second-order valence-corrected chi connectivity index (χ2v) is 3.44. The molecule has 1 aliphatic heterocycles. The Morgan fingerprint density at radius 2 is 2.33 bits per heavy atom. The second-order valence-electron chi connectivity index (χ2n) is 3.44. The fourth-order valence-corrected chi connectivity index (χ4v) is 1.49. The lowest BCUT2D eigenvalue weighted by molar-refractivity contribution is -0.0483. The highest BCUT2D eigenvalue weighted by Gasteiger charge is 2.22. The van der Waals surface area contributed by atoms with Crippen molar-refractivity contribution in [2.75, 3.05) is 19.7 Å². The third kappa shape index (κ3) is 2.51. The van der Waals surface area contributed by atoms with Crippen molar-refractivity contribution < 1.29 is 4.74 Å². The van der Waals surface area contributed by atoms with Crippen LogP contribution >= 0.6 is 0 Å². The zero-order valence-corrected chi connectivity index (χ0v) is 7.92. The van der Waals surface area contributed by atoms with Gasteiger partial charge in [0, 0.05) is 25.6 Å². The van der Waals surface area contributed by atoms with Crippen molar-refractivity contribution in [3.05, 3.63) is 0 Å². The van der Waals surface area contributed by atoms with E-state index >= 15 is 0 Å². The second kappa shape index (κ2) is 4.49. The van der Waals surface area contributed by atoms with Crippen LogP contribution in [0.4, 0.5) is 0 Å². The fourth-order valence-electron chi connectivity index (χ4n) is 1.49. The first kappa shape index (κ1) is 9.57. The number of hydrogen-bond acceptors (Lipinski definition) is 2. The number of rotatable bonds is 2. The molecule has 2 heteroatoms. The van der Waals surface area contributed by atoms with Crippen LogP contribution in [0.25, 0.3) is 0 Å². The van der Waals surface area contributed by atoms with Crippen molar-refractivity contribution in [1.82, 2.24) is 4.90 Å². The number of terminal acetylenes is 1. The van der Waals surface area contributed by atoms with Gasteiger partial charge in [0.25, 0.3) is 0 Å². The molecule has 0 aliphatic carbocycles. The van der Waals surface area contributed by atoms with Crippen LogP contribution in [0.15, 0.2) is 0 Å². The lowest BCUT2D eigenvalue weighted by Crippen LogP contribution is -2.47. The monoisotopic (exact) mass is 167 g/mol. The molecule has 0 aromatic rings. The molecular formula is C10H17NO. The van der Waals surface area contributed by atoms with Crippen LogP contribution in [0.2, 0.25) is 0 Å². The Balaban J connectivity index is 2.34. The molecule has 0 spiro atoms. The van der Waals surface area contributed by atoms with Crippen molar-refractivity contribution >= 4 is 0 Å². The zero-order valence-electron chi connectivity index (χ0n) is 7.92. The maximum absolute atomic E-state index is 5.51. The maximum Gasteiger partial charge on any atom is 0.0674 e. The number of nitrogens with zero attached hydrogens (tertiary/aromatic N) is 1. The minimum absolute atomic E-state index is 0.360. The molecule has 0 aromatic carbocycles. The van der Waals surface area contributed by atoms with Gasteiger partial charge >= 0.3 is 0 Å². The lowest BCUT2D eigenvalue weighted by atomic mass is 10.2. The van der Waals surface area contributed by atoms with E-state index in [1.165, 1.54) is 0 Å². The summed E-state index contributed by atoms with van der Waals surface area (Å²) in [4.78, 5) is 2.40. The first-order valence-electron chi connectivity index (χ1n) is 4.53. The van der Waals surface area contributed by atoms with Crippen LogP contribution in [0.1, 0.15) is 20.3 Å². The highest BCUT2D eigenvalue weighted by Crippen LogP contribution is 2.10. The molecule has 1 rings (SSSR count). The minimum atomic E-state index is 0.360. The Morgan fingerprint density at radius 1 is 1.58 bits per heavy atom. The summed E-state index contributed by atoms with van der Waals surface area (Å²) in [6, 6.07) is 0.523. The average molecular weight is 167 g/mol. The number of ether oxygens (including phenoxy) is 1. The van der Waals surface area contributed by atoms with E-state index in [1.807, 2.05) is 0 Å². The standard InChI is InChI=1S/C10H17NO/c1-4-5-6-11-7-10(3)12-8-9(11)2/h1,9-10H,5-8H2,2-3H3. The SMILES string of the molecule is C#CCCN1CC(C)OCC1C. The Hall–Kier alpha value is -0.520. The van der Waals surface area contributed by atoms with E-state index in [1.54, 1.807) is 0 Å². The summed E-state index contributed by atoms with van der Waals surface area (Å²) in [6.07, 6.45) is 6.42. The van der Waals surface area contributed by atoms with Gasteiger partial charge in [-0.1, -0.05) is 0 Å². The van der Waals surface area contributed by atoms with Gasteiger partial charge in [-0.2, -0.15) is 0 Å². The summed E-state index contributed by atoms with van der Waals surface area (Å²) in [6.45, 7) is 7.15. The minimum Gasteiger partial charge on any atom is -0.376 e. The summed E-state index contributed by atoms with van der Waals surface area (Å²) in [5, 5.41) is 0. The highest BCUT2D eigenvalue weighted by molar-refractivity contribution is 4.86. The van der Waals surface area contributed by atoms with Crippen molar-refractivity contribution in [2.45, 2.75) is 32.4 Å². The van der Waals surface area contributed by atoms with Crippen LogP contribution in [0, 0.1) is 12.3 Å². The van der Waals surface area contributed by atoms with E-state index in [0.717, 1.165) is 26.1 Å². The van der Waals surface area contributed by atoms with Crippen LogP contribution in [-0.2, 0) is 4.74 Å². The molecule has 2 unspecified atom stereocenters. The molecule has 68 valence electrons. The molecule has 2 atom stereocenters. The smallest absolute Gasteiger partial charge is 0.0674 e. The van der Waals surface area contributed by atoms with Crippen LogP contribution in [0.5, 0.6) is 0 Å². The lowest BCUT2D eigenvalue weighted by Gasteiger charge is -2.36. The summed E-state index contributed by atoms with van der Waals surface area (Å²) in [7, 11) is 0. The molecule has 0 N–H and O–H groups in total. The molecule has 1 fully saturated rings. The normalized spacial score (nSPS) is 31.4. The number of hydrogen-bond donors (Lipinski definition) is 0. The maximum atomic E-state index is 5.51. The van der Waals surface area contributed by atoms with Crippen LogP contribution < -0.4 is 0 Å². The van der Waals surface area contributed by atoms with Crippen molar-refractivity contribution in [1.29, 1.82) is 0 Å². The van der Waals surface area contributed by atoms with E-state index in [0.29, 0.717) is 12.1 Å². The topological polar surface area (TPSA) is 12.5 Å². The van der Waals surface area contributed by atoms with Crippen molar-refractivity contribution in [2.24, 2.45) is 0 Å². The molecule has 12 heavy (non-hydrogen) atoms. The molecular weight excluding hydrogens is 150 g/mol. The van der Waals surface area contributed by atoms with Crippen molar-refractivity contribution in [3.8, 4) is 12.3 Å². The van der Waals surface area contributed by atoms with Gasteiger partial charge in [0.2, 0.25) is 0 Å². The largest absolute Gasteiger partial charge is 0.376 e. The van der Waals surface area contributed by atoms with Gasteiger partial charge in [-0.3, -0.25) is 4.90 Å². The molecule has 0 radical (unpaired) electrons. The molecule has 1 saturated heterocycles. The molecule has 1 aliphatic rings. The van der Waals surface area contributed by atoms with Gasteiger partial charge in [0.05, 0.1) is 12.7 Å². The number of morpholine rings is 1. The van der Waals surface area contributed by atoms with E-state index in [9.17, 15) is 0 Å². The van der Waals surface area contributed by atoms with Crippen LogP contribution in [-0.4, -0.2) is 36.7 Å². The van der Waals surface area contributed by atoms with Gasteiger partial charge in [-0.25, -0.2) is 0 Å². The Kier molecular flexibility index (Phi) is 3.58. The van der Waals surface area contributed by atoms with Gasteiger partial charge in [0.15, 0.2) is 0 Å². The van der Waals surface area contributed by atoms with Gasteiger partial charge < -0.3 is 4.74 Å². The van der Waals surface area contributed by atoms with Crippen LogP contribution in [0.3, 0.4) is 0 Å². The van der Waals surface area contributed by atoms with E-state index in [-0.39, 0.29) is 0 Å². The van der Waals surface area contributed by atoms with Gasteiger partial charge in [0.1, 0.15) is 0 Å². The molecule has 0 amide bonds. The summed E-state index contributed by atoms with van der Waals surface area (Å²) < 4.78 is 5.51. The predicted molar refractivity (Wildman–Crippen MR) is 49.9 cm³/mol. The summed E-state index contributed by atoms with van der Waals surface area (Å²) in [5.41, 5.74) is 0. The highest BCUT2D eigenvalue weighted by atomic mass is 16.5. The van der Waals surface area contributed by atoms with Crippen molar-refractivity contribution in [3.63, 3.8) is 0 Å². The molecule has 0 saturated carbocycles. The molecule has 2 nitrogen and oxygen atoms in total. The first-order chi connectivity index (χ1) is 5.74. The molecule has 0 bridgehead atoms. The third-order valence-corrected chi connectivity index (χ3v) is 2.28. The van der Waals surface area contributed by atoms with E-state index in [2.05, 4.69) is 24.7 Å². The summed E-state index contributed by atoms with van der Waals surface area (Å²) in [5.74, 6) is 2.67. The zero-order chi connectivity index (χ0) is 8.97. The van der Waals surface area contributed by atoms with E-state index in [4.69, 9.17) is 11.2 Å². The van der Waals surface area contributed by atoms with Gasteiger partial charge in [-0.05, 0) is 13.8 Å². The third-order valence-electron chi connectivity index (χ3n) is 2.28. The molecule has 1 heterocycles. The molecule has 0 aromatic heterocycles. The Morgan fingerprint density at radius 3 is 3.00 bits per heavy atom. The summed E-state index contributed by atoms with van der Waals surface area (Å²) >= 11 is 0. The average Bonchev–Trinajstić information content (AvgIpc) is 2.07. The fraction of sp³-hybridized carbons (Fsp3) is 0.800. The van der Waals surface area contributed by atoms with Gasteiger partial charge in [-0.15, -0.1) is 12.3 Å².